The summed E-state index contributed by atoms with van der Waals surface area (Å²) in [5.74, 6) is 1.17. The number of hydrogen-bond acceptors (Lipinski definition) is 9. The Morgan fingerprint density at radius 2 is 1.85 bits per heavy atom. The first kappa shape index (κ1) is 27.6. The van der Waals surface area contributed by atoms with Crippen molar-refractivity contribution >= 4 is 35.4 Å². The third-order valence-electron chi connectivity index (χ3n) is 7.01. The van der Waals surface area contributed by atoms with E-state index in [0.29, 0.717) is 18.0 Å². The zero-order chi connectivity index (χ0) is 27.9. The zero-order valence-electron chi connectivity index (χ0n) is 22.7. The number of rotatable bonds is 10. The number of methoxy groups -OCH3 is 1. The summed E-state index contributed by atoms with van der Waals surface area (Å²) in [6, 6.07) is 15.1. The molecule has 0 radical (unpaired) electrons. The first-order valence-electron chi connectivity index (χ1n) is 13.6. The summed E-state index contributed by atoms with van der Waals surface area (Å²) >= 11 is 1.60. The molecule has 10 heteroatoms. The van der Waals surface area contributed by atoms with Gasteiger partial charge in [0.2, 0.25) is 5.82 Å². The Labute approximate surface area is 238 Å². The zero-order valence-corrected chi connectivity index (χ0v) is 23.5. The van der Waals surface area contributed by atoms with Crippen molar-refractivity contribution in [2.45, 2.75) is 62.3 Å². The molecule has 208 valence electrons. The quantitative estimate of drug-likeness (QED) is 0.333. The summed E-state index contributed by atoms with van der Waals surface area (Å²) in [6.45, 7) is 2.55. The molecule has 40 heavy (non-hydrogen) atoms. The topological polar surface area (TPSA) is 106 Å². The molecule has 1 aliphatic heterocycles. The van der Waals surface area contributed by atoms with Gasteiger partial charge >= 0.3 is 0 Å². The lowest BCUT2D eigenvalue weighted by Gasteiger charge is -2.35. The fourth-order valence-corrected chi connectivity index (χ4v) is 6.09. The van der Waals surface area contributed by atoms with Crippen molar-refractivity contribution in [3.8, 4) is 11.5 Å². The number of thioether (sulfide) groups is 1. The molecule has 1 fully saturated rings. The molecule has 0 saturated heterocycles. The Hall–Kier alpha value is -3.92. The van der Waals surface area contributed by atoms with Crippen LogP contribution in [0.5, 0.6) is 11.5 Å². The average Bonchev–Trinajstić information content (AvgIpc) is 3.51. The molecule has 2 heterocycles. The lowest BCUT2D eigenvalue weighted by molar-refractivity contribution is -0.110. The highest BCUT2D eigenvalue weighted by Gasteiger charge is 2.32. The van der Waals surface area contributed by atoms with Crippen molar-refractivity contribution in [3.05, 3.63) is 77.9 Å². The van der Waals surface area contributed by atoms with Gasteiger partial charge in [-0.15, -0.1) is 11.8 Å². The van der Waals surface area contributed by atoms with Gasteiger partial charge in [0.15, 0.2) is 17.8 Å². The minimum Gasteiger partial charge on any atom is -0.493 e. The molecule has 3 aromatic rings. The van der Waals surface area contributed by atoms with Gasteiger partial charge in [-0.2, -0.15) is 5.10 Å². The highest BCUT2D eigenvalue weighted by atomic mass is 32.2. The average molecular weight is 560 g/mol. The monoisotopic (exact) mass is 559 g/mol. The van der Waals surface area contributed by atoms with Crippen LogP contribution in [0.15, 0.2) is 66.0 Å². The van der Waals surface area contributed by atoms with E-state index >= 15 is 0 Å². The van der Waals surface area contributed by atoms with E-state index in [1.165, 1.54) is 25.2 Å². The van der Waals surface area contributed by atoms with Crippen molar-refractivity contribution in [1.82, 2.24) is 15.0 Å². The molecule has 1 aliphatic carbocycles. The maximum Gasteiger partial charge on any atom is 0.293 e. The normalized spacial score (nSPS) is 19.1. The largest absolute Gasteiger partial charge is 0.493 e. The van der Waals surface area contributed by atoms with Gasteiger partial charge in [0.1, 0.15) is 5.37 Å². The predicted molar refractivity (Wildman–Crippen MR) is 156 cm³/mol. The van der Waals surface area contributed by atoms with Crippen molar-refractivity contribution in [2.24, 2.45) is 5.10 Å². The Morgan fingerprint density at radius 1 is 1.10 bits per heavy atom. The van der Waals surface area contributed by atoms with Gasteiger partial charge in [-0.1, -0.05) is 19.1 Å². The number of ether oxygens (including phenoxy) is 2. The molecule has 1 aromatic heterocycles. The maximum atomic E-state index is 12.4. The second-order valence-electron chi connectivity index (χ2n) is 9.76. The molecule has 1 saturated carbocycles. The van der Waals surface area contributed by atoms with Gasteiger partial charge in [0.05, 0.1) is 30.7 Å². The first-order valence-corrected chi connectivity index (χ1v) is 14.5. The number of nitrogens with one attached hydrogen (secondary N) is 1. The minimum atomic E-state index is -0.407. The van der Waals surface area contributed by atoms with Crippen molar-refractivity contribution < 1.29 is 19.1 Å². The Balaban J connectivity index is 1.35. The van der Waals surface area contributed by atoms with Gasteiger partial charge in [0, 0.05) is 23.6 Å². The number of amides is 1. The second kappa shape index (κ2) is 13.0. The van der Waals surface area contributed by atoms with E-state index in [2.05, 4.69) is 22.2 Å². The van der Waals surface area contributed by atoms with Crippen LogP contribution in [0.1, 0.15) is 60.8 Å². The van der Waals surface area contributed by atoms with Crippen LogP contribution in [0.25, 0.3) is 0 Å². The highest BCUT2D eigenvalue weighted by Crippen LogP contribution is 2.37. The third-order valence-corrected chi connectivity index (χ3v) is 8.52. The van der Waals surface area contributed by atoms with E-state index in [4.69, 9.17) is 14.6 Å². The van der Waals surface area contributed by atoms with Crippen molar-refractivity contribution in [3.63, 3.8) is 0 Å². The molecule has 2 aliphatic rings. The van der Waals surface area contributed by atoms with Crippen LogP contribution in [0.2, 0.25) is 0 Å². The number of hydrazone groups is 1. The Morgan fingerprint density at radius 3 is 2.52 bits per heavy atom. The molecule has 2 unspecified atom stereocenters. The SMILES string of the molecule is CCC1SC(C=O)N(Cc2ccc(NC(=O)c3ncccn3)cc2)N=C1c1ccc(OC)c(OC2CCCC2)c1. The summed E-state index contributed by atoms with van der Waals surface area (Å²) in [4.78, 5) is 32.4. The van der Waals surface area contributed by atoms with E-state index in [0.717, 1.165) is 48.1 Å². The lowest BCUT2D eigenvalue weighted by Crippen LogP contribution is -2.39. The number of carbonyl (C=O) groups excluding carboxylic acids is 2. The predicted octanol–water partition coefficient (Wildman–Crippen LogP) is 5.32. The number of anilines is 1. The van der Waals surface area contributed by atoms with Crippen molar-refractivity contribution in [2.75, 3.05) is 12.4 Å². The number of aromatic nitrogens is 2. The summed E-state index contributed by atoms with van der Waals surface area (Å²) in [6.07, 6.45) is 9.53. The van der Waals surface area contributed by atoms with Crippen LogP contribution >= 0.6 is 11.8 Å². The van der Waals surface area contributed by atoms with Crippen LogP contribution < -0.4 is 14.8 Å². The number of hydrogen-bond donors (Lipinski definition) is 1. The molecule has 0 bridgehead atoms. The fraction of sp³-hybridized carbons (Fsp3) is 0.367. The van der Waals surface area contributed by atoms with Gasteiger partial charge in [-0.05, 0) is 74.1 Å². The fourth-order valence-electron chi connectivity index (χ4n) is 4.92. The number of benzene rings is 2. The molecular weight excluding hydrogens is 526 g/mol. The van der Waals surface area contributed by atoms with E-state index in [9.17, 15) is 9.59 Å². The van der Waals surface area contributed by atoms with Gasteiger partial charge in [-0.25, -0.2) is 9.97 Å². The molecule has 0 spiro atoms. The van der Waals surface area contributed by atoms with Crippen LogP contribution in [-0.4, -0.2) is 56.7 Å². The van der Waals surface area contributed by atoms with Crippen LogP contribution in [0.3, 0.4) is 0 Å². The van der Waals surface area contributed by atoms with Crippen LogP contribution in [0, 0.1) is 0 Å². The van der Waals surface area contributed by atoms with Crippen LogP contribution in [-0.2, 0) is 11.3 Å². The Kier molecular flexibility index (Phi) is 8.95. The molecule has 2 atom stereocenters. The lowest BCUT2D eigenvalue weighted by atomic mass is 10.0. The first-order chi connectivity index (χ1) is 19.6. The van der Waals surface area contributed by atoms with E-state index in [1.807, 2.05) is 47.5 Å². The number of nitrogens with zero attached hydrogens (tertiary/aromatic N) is 4. The minimum absolute atomic E-state index is 0.0666. The van der Waals surface area contributed by atoms with Gasteiger partial charge < -0.3 is 19.6 Å². The molecule has 5 rings (SSSR count). The molecule has 2 aromatic carbocycles. The molecular formula is C30H33N5O4S. The summed E-state index contributed by atoms with van der Waals surface area (Å²) < 4.78 is 11.9. The summed E-state index contributed by atoms with van der Waals surface area (Å²) in [5.41, 5.74) is 3.46. The smallest absolute Gasteiger partial charge is 0.293 e. The van der Waals surface area contributed by atoms with E-state index < -0.39 is 5.37 Å². The summed E-state index contributed by atoms with van der Waals surface area (Å²) in [7, 11) is 1.65. The molecule has 9 nitrogen and oxygen atoms in total. The number of aldehydes is 1. The molecule has 1 amide bonds. The highest BCUT2D eigenvalue weighted by molar-refractivity contribution is 8.01. The van der Waals surface area contributed by atoms with Gasteiger partial charge in [-0.3, -0.25) is 9.80 Å². The standard InChI is InChI=1S/C30H33N5O4S/c1-3-26-28(21-11-14-24(38-2)25(17-21)39-23-7-4-5-8-23)34-35(27(19-36)40-26)18-20-9-12-22(13-10-20)33-30(37)29-31-15-6-16-32-29/h6,9-17,19,23,26-27H,3-5,7-8,18H2,1-2H3,(H,33,37). The van der Waals surface area contributed by atoms with Gasteiger partial charge in [0.25, 0.3) is 5.91 Å². The maximum absolute atomic E-state index is 12.4. The Bertz CT molecular complexity index is 1350. The molecule has 1 N–H and O–H groups in total. The van der Waals surface area contributed by atoms with E-state index in [-0.39, 0.29) is 23.1 Å². The summed E-state index contributed by atoms with van der Waals surface area (Å²) in [5, 5.41) is 9.30. The van der Waals surface area contributed by atoms with E-state index in [1.54, 1.807) is 24.9 Å². The van der Waals surface area contributed by atoms with Crippen LogP contribution in [0.4, 0.5) is 5.69 Å². The third kappa shape index (κ3) is 6.44. The second-order valence-corrected chi connectivity index (χ2v) is 11.1. The van der Waals surface area contributed by atoms with Crippen molar-refractivity contribution in [1.29, 1.82) is 0 Å². The number of carbonyl (C=O) groups is 2.